The molecule has 0 atom stereocenters. The van der Waals surface area contributed by atoms with Gasteiger partial charge in [0.15, 0.2) is 0 Å². The van der Waals surface area contributed by atoms with Crippen LogP contribution in [0.5, 0.6) is 0 Å². The summed E-state index contributed by atoms with van der Waals surface area (Å²) in [6, 6.07) is 11.5. The number of rotatable bonds is 8. The topological polar surface area (TPSA) is 104 Å². The standard InChI is InChI=1S/C19H25N3O5S2/c1-5-22(6-2)29(26,27)18-11-7-15(8-12-18)19(23)20-16-9-13-17(14-10-16)28(24,25)21(3)4/h7-14H,5-6H2,1-4H3,(H,20,23). The molecule has 0 aliphatic carbocycles. The van der Waals surface area contributed by atoms with E-state index in [1.807, 2.05) is 0 Å². The first kappa shape index (κ1) is 23.0. The van der Waals surface area contributed by atoms with Crippen molar-refractivity contribution < 1.29 is 21.6 Å². The second-order valence-corrected chi connectivity index (χ2v) is 10.5. The quantitative estimate of drug-likeness (QED) is 0.679. The predicted molar refractivity (Wildman–Crippen MR) is 112 cm³/mol. The van der Waals surface area contributed by atoms with Crippen molar-refractivity contribution in [2.24, 2.45) is 0 Å². The molecule has 0 fully saturated rings. The molecule has 0 saturated carbocycles. The van der Waals surface area contributed by atoms with Crippen molar-refractivity contribution in [1.29, 1.82) is 0 Å². The van der Waals surface area contributed by atoms with Gasteiger partial charge in [-0.2, -0.15) is 4.31 Å². The van der Waals surface area contributed by atoms with Gasteiger partial charge in [-0.1, -0.05) is 13.8 Å². The number of carbonyl (C=O) groups excluding carboxylic acids is 1. The third-order valence-corrected chi connectivity index (χ3v) is 8.24. The molecule has 29 heavy (non-hydrogen) atoms. The number of benzene rings is 2. The van der Waals surface area contributed by atoms with E-state index in [0.717, 1.165) is 4.31 Å². The zero-order valence-corrected chi connectivity index (χ0v) is 18.4. The highest BCUT2D eigenvalue weighted by Gasteiger charge is 2.22. The molecule has 1 N–H and O–H groups in total. The fourth-order valence-electron chi connectivity index (χ4n) is 2.62. The van der Waals surface area contributed by atoms with Crippen molar-refractivity contribution in [2.75, 3.05) is 32.5 Å². The molecule has 0 saturated heterocycles. The Morgan fingerprint density at radius 3 is 1.69 bits per heavy atom. The minimum atomic E-state index is -3.59. The number of carbonyl (C=O) groups is 1. The van der Waals surface area contributed by atoms with E-state index >= 15 is 0 Å². The van der Waals surface area contributed by atoms with Crippen LogP contribution < -0.4 is 5.32 Å². The summed E-state index contributed by atoms with van der Waals surface area (Å²) in [7, 11) is -4.25. The maximum atomic E-state index is 12.5. The van der Waals surface area contributed by atoms with Crippen molar-refractivity contribution in [3.05, 3.63) is 54.1 Å². The van der Waals surface area contributed by atoms with Gasteiger partial charge in [0.1, 0.15) is 0 Å². The number of hydrogen-bond donors (Lipinski definition) is 1. The Morgan fingerprint density at radius 1 is 0.793 bits per heavy atom. The fraction of sp³-hybridized carbons (Fsp3) is 0.316. The summed E-state index contributed by atoms with van der Waals surface area (Å²) in [6.45, 7) is 4.25. The average molecular weight is 440 g/mol. The molecular formula is C19H25N3O5S2. The van der Waals surface area contributed by atoms with Gasteiger partial charge in [0.2, 0.25) is 20.0 Å². The third kappa shape index (κ3) is 5.02. The summed E-state index contributed by atoms with van der Waals surface area (Å²) in [5.74, 6) is -0.431. The Hall–Kier alpha value is -2.27. The third-order valence-electron chi connectivity index (χ3n) is 4.35. The molecule has 0 bridgehead atoms. The summed E-state index contributed by atoms with van der Waals surface area (Å²) in [4.78, 5) is 12.7. The van der Waals surface area contributed by atoms with Crippen molar-refractivity contribution in [2.45, 2.75) is 23.6 Å². The lowest BCUT2D eigenvalue weighted by molar-refractivity contribution is 0.102. The van der Waals surface area contributed by atoms with Crippen LogP contribution in [0.1, 0.15) is 24.2 Å². The molecular weight excluding hydrogens is 414 g/mol. The number of nitrogens with one attached hydrogen (secondary N) is 1. The van der Waals surface area contributed by atoms with Crippen LogP contribution in [0.2, 0.25) is 0 Å². The lowest BCUT2D eigenvalue weighted by Crippen LogP contribution is -2.30. The monoisotopic (exact) mass is 439 g/mol. The maximum Gasteiger partial charge on any atom is 0.255 e. The first-order valence-corrected chi connectivity index (χ1v) is 11.9. The predicted octanol–water partition coefficient (Wildman–Crippen LogP) is 2.22. The van der Waals surface area contributed by atoms with Crippen molar-refractivity contribution in [3.63, 3.8) is 0 Å². The summed E-state index contributed by atoms with van der Waals surface area (Å²) in [6.07, 6.45) is 0. The van der Waals surface area contributed by atoms with E-state index in [9.17, 15) is 21.6 Å². The molecule has 158 valence electrons. The highest BCUT2D eigenvalue weighted by atomic mass is 32.2. The number of amides is 1. The number of anilines is 1. The van der Waals surface area contributed by atoms with E-state index in [4.69, 9.17) is 0 Å². The molecule has 0 unspecified atom stereocenters. The lowest BCUT2D eigenvalue weighted by atomic mass is 10.2. The van der Waals surface area contributed by atoms with E-state index < -0.39 is 26.0 Å². The van der Waals surface area contributed by atoms with Gasteiger partial charge in [-0.3, -0.25) is 4.79 Å². The average Bonchev–Trinajstić information content (AvgIpc) is 2.69. The van der Waals surface area contributed by atoms with E-state index in [1.165, 1.54) is 66.9 Å². The molecule has 2 rings (SSSR count). The van der Waals surface area contributed by atoms with Gasteiger partial charge in [-0.05, 0) is 48.5 Å². The maximum absolute atomic E-state index is 12.5. The molecule has 0 radical (unpaired) electrons. The lowest BCUT2D eigenvalue weighted by Gasteiger charge is -2.18. The Balaban J connectivity index is 2.16. The minimum Gasteiger partial charge on any atom is -0.322 e. The Morgan fingerprint density at radius 2 is 1.24 bits per heavy atom. The van der Waals surface area contributed by atoms with Crippen LogP contribution in [-0.4, -0.2) is 58.5 Å². The minimum absolute atomic E-state index is 0.117. The van der Waals surface area contributed by atoms with E-state index in [-0.39, 0.29) is 15.4 Å². The van der Waals surface area contributed by atoms with Crippen LogP contribution in [0, 0.1) is 0 Å². The summed E-state index contributed by atoms with van der Waals surface area (Å²) in [5, 5.41) is 2.66. The molecule has 1 amide bonds. The van der Waals surface area contributed by atoms with Crippen LogP contribution in [-0.2, 0) is 20.0 Å². The normalized spacial score (nSPS) is 12.3. The molecule has 2 aromatic carbocycles. The molecule has 0 heterocycles. The van der Waals surface area contributed by atoms with Crippen LogP contribution in [0.3, 0.4) is 0 Å². The van der Waals surface area contributed by atoms with Gasteiger partial charge in [0.05, 0.1) is 9.79 Å². The molecule has 2 aromatic rings. The molecule has 10 heteroatoms. The van der Waals surface area contributed by atoms with E-state index in [0.29, 0.717) is 18.8 Å². The summed E-state index contributed by atoms with van der Waals surface area (Å²) >= 11 is 0. The zero-order chi connectivity index (χ0) is 21.8. The highest BCUT2D eigenvalue weighted by molar-refractivity contribution is 7.89. The van der Waals surface area contributed by atoms with Crippen LogP contribution in [0.25, 0.3) is 0 Å². The highest BCUT2D eigenvalue weighted by Crippen LogP contribution is 2.19. The number of nitrogens with zero attached hydrogens (tertiary/aromatic N) is 2. The van der Waals surface area contributed by atoms with Crippen LogP contribution in [0.15, 0.2) is 58.3 Å². The Labute approximate surface area is 172 Å². The Bertz CT molecular complexity index is 1060. The smallest absolute Gasteiger partial charge is 0.255 e. The summed E-state index contributed by atoms with van der Waals surface area (Å²) < 4.78 is 51.6. The zero-order valence-electron chi connectivity index (χ0n) is 16.8. The van der Waals surface area contributed by atoms with Crippen LogP contribution >= 0.6 is 0 Å². The number of hydrogen-bond acceptors (Lipinski definition) is 5. The molecule has 0 aliphatic rings. The molecule has 0 aromatic heterocycles. The van der Waals surface area contributed by atoms with E-state index in [2.05, 4.69) is 5.32 Å². The van der Waals surface area contributed by atoms with Gasteiger partial charge < -0.3 is 5.32 Å². The van der Waals surface area contributed by atoms with Gasteiger partial charge in [-0.15, -0.1) is 0 Å². The van der Waals surface area contributed by atoms with Gasteiger partial charge in [0.25, 0.3) is 5.91 Å². The number of sulfonamides is 2. The first-order valence-electron chi connectivity index (χ1n) is 8.98. The van der Waals surface area contributed by atoms with Crippen molar-refractivity contribution >= 4 is 31.6 Å². The van der Waals surface area contributed by atoms with Crippen molar-refractivity contribution in [3.8, 4) is 0 Å². The summed E-state index contributed by atoms with van der Waals surface area (Å²) in [5.41, 5.74) is 0.709. The largest absolute Gasteiger partial charge is 0.322 e. The molecule has 0 spiro atoms. The first-order chi connectivity index (χ1) is 13.5. The Kier molecular flexibility index (Phi) is 7.17. The molecule has 0 aliphatic heterocycles. The van der Waals surface area contributed by atoms with Crippen LogP contribution in [0.4, 0.5) is 5.69 Å². The van der Waals surface area contributed by atoms with Gasteiger partial charge >= 0.3 is 0 Å². The second-order valence-electron chi connectivity index (χ2n) is 6.38. The van der Waals surface area contributed by atoms with Crippen molar-refractivity contribution in [1.82, 2.24) is 8.61 Å². The molecule has 8 nitrogen and oxygen atoms in total. The fourth-order valence-corrected chi connectivity index (χ4v) is 4.97. The van der Waals surface area contributed by atoms with Gasteiger partial charge in [-0.25, -0.2) is 21.1 Å². The SMILES string of the molecule is CCN(CC)S(=O)(=O)c1ccc(C(=O)Nc2ccc(S(=O)(=O)N(C)C)cc2)cc1. The van der Waals surface area contributed by atoms with Gasteiger partial charge in [0, 0.05) is 38.4 Å². The van der Waals surface area contributed by atoms with E-state index in [1.54, 1.807) is 13.8 Å². The second kappa shape index (κ2) is 9.04.